The van der Waals surface area contributed by atoms with Gasteiger partial charge in [-0.05, 0) is 91.5 Å². The lowest BCUT2D eigenvalue weighted by Crippen LogP contribution is -2.25. The number of hydrogen-bond donors (Lipinski definition) is 2. The molecule has 4 aromatic rings. The van der Waals surface area contributed by atoms with Gasteiger partial charge in [-0.15, -0.1) is 0 Å². The van der Waals surface area contributed by atoms with E-state index in [9.17, 15) is 14.4 Å². The molecule has 2 amide bonds. The largest absolute Gasteiger partial charge is 0.451 e. The summed E-state index contributed by atoms with van der Waals surface area (Å²) in [7, 11) is 0. The molecule has 0 spiro atoms. The summed E-state index contributed by atoms with van der Waals surface area (Å²) in [6.07, 6.45) is 12.0. The van der Waals surface area contributed by atoms with Crippen LogP contribution in [-0.2, 0) is 17.8 Å². The fourth-order valence-corrected chi connectivity index (χ4v) is 6.91. The number of halogens is 1. The summed E-state index contributed by atoms with van der Waals surface area (Å²) < 4.78 is 8.81. The zero-order valence-corrected chi connectivity index (χ0v) is 29.3. The SMILES string of the molecule is CCCc1ccc(Cl)cc1.CSNc1ccc2oc(C(=O)NCC=C3CCC(c4ccccc4CN4CCCC4=O)CC3)cc(=O)c2c1. The maximum Gasteiger partial charge on any atom is 0.287 e. The van der Waals surface area contributed by atoms with Crippen molar-refractivity contribution in [2.45, 2.75) is 70.8 Å². The van der Waals surface area contributed by atoms with Crippen LogP contribution < -0.4 is 15.5 Å². The van der Waals surface area contributed by atoms with Crippen molar-refractivity contribution < 1.29 is 14.0 Å². The number of rotatable bonds is 10. The van der Waals surface area contributed by atoms with E-state index in [1.165, 1.54) is 46.7 Å². The Bertz CT molecular complexity index is 1790. The topological polar surface area (TPSA) is 91.7 Å². The first-order chi connectivity index (χ1) is 23.3. The fraction of sp³-hybridized carbons (Fsp3) is 0.359. The van der Waals surface area contributed by atoms with Gasteiger partial charge in [0, 0.05) is 49.1 Å². The van der Waals surface area contributed by atoms with E-state index in [2.05, 4.69) is 59.4 Å². The van der Waals surface area contributed by atoms with Gasteiger partial charge < -0.3 is 19.4 Å². The third-order valence-corrected chi connectivity index (χ3v) is 9.62. The quantitative estimate of drug-likeness (QED) is 0.128. The minimum Gasteiger partial charge on any atom is -0.451 e. The van der Waals surface area contributed by atoms with Crippen LogP contribution in [0.3, 0.4) is 0 Å². The molecule has 1 aromatic heterocycles. The van der Waals surface area contributed by atoms with E-state index >= 15 is 0 Å². The standard InChI is InChI=1S/C30H33N3O4S.C9H11Cl/c1-38-32-23-12-13-27-25(17-23)26(34)18-28(37-27)30(36)31-15-14-20-8-10-21(11-9-20)24-6-3-2-5-22(24)19-33-16-4-7-29(33)35;1-2-3-8-4-6-9(10)7-5-8/h2-3,5-6,12-14,17-18,21,32H,4,7-11,15-16,19H2,1H3,(H,31,36);4-7H,2-3H2,1H3. The van der Waals surface area contributed by atoms with Crippen LogP contribution in [0, 0.1) is 0 Å². The van der Waals surface area contributed by atoms with Crippen LogP contribution in [0.1, 0.15) is 85.0 Å². The van der Waals surface area contributed by atoms with Crippen LogP contribution in [0.25, 0.3) is 11.0 Å². The van der Waals surface area contributed by atoms with E-state index in [1.54, 1.807) is 12.1 Å². The summed E-state index contributed by atoms with van der Waals surface area (Å²) in [4.78, 5) is 39.3. The van der Waals surface area contributed by atoms with Crippen molar-refractivity contribution >= 4 is 52.0 Å². The Morgan fingerprint density at radius 1 is 1.02 bits per heavy atom. The highest BCUT2D eigenvalue weighted by Gasteiger charge is 2.24. The molecule has 0 atom stereocenters. The molecule has 3 aromatic carbocycles. The summed E-state index contributed by atoms with van der Waals surface area (Å²) in [6.45, 7) is 4.14. The monoisotopic (exact) mass is 685 g/mol. The summed E-state index contributed by atoms with van der Waals surface area (Å²) in [5, 5.41) is 4.12. The number of fused-ring (bicyclic) bond motifs is 1. The number of nitrogens with zero attached hydrogens (tertiary/aromatic N) is 1. The van der Waals surface area contributed by atoms with Crippen LogP contribution >= 0.6 is 23.5 Å². The second kappa shape index (κ2) is 17.4. The lowest BCUT2D eigenvalue weighted by atomic mass is 9.80. The average Bonchev–Trinajstić information content (AvgIpc) is 3.50. The Balaban J connectivity index is 0.000000387. The molecule has 0 bridgehead atoms. The summed E-state index contributed by atoms with van der Waals surface area (Å²) in [6, 6.07) is 23.1. The molecule has 2 N–H and O–H groups in total. The predicted octanol–water partition coefficient (Wildman–Crippen LogP) is 8.91. The van der Waals surface area contributed by atoms with Crippen LogP contribution in [0.5, 0.6) is 0 Å². The molecule has 0 unspecified atom stereocenters. The number of allylic oxidation sites excluding steroid dienone is 1. The zero-order valence-electron chi connectivity index (χ0n) is 27.7. The minimum atomic E-state index is -0.397. The number of carbonyl (C=O) groups excluding carboxylic acids is 2. The number of anilines is 1. The van der Waals surface area contributed by atoms with Gasteiger partial charge in [0.2, 0.25) is 5.91 Å². The molecule has 2 heterocycles. The normalized spacial score (nSPS) is 16.0. The van der Waals surface area contributed by atoms with Gasteiger partial charge in [0.25, 0.3) is 5.91 Å². The van der Waals surface area contributed by atoms with Crippen LogP contribution in [0.4, 0.5) is 5.69 Å². The van der Waals surface area contributed by atoms with Gasteiger partial charge in [-0.1, -0.05) is 84.9 Å². The number of aryl methyl sites for hydroxylation is 1. The molecule has 1 saturated heterocycles. The second-order valence-electron chi connectivity index (χ2n) is 12.3. The Hall–Kier alpha value is -4.01. The van der Waals surface area contributed by atoms with Crippen molar-refractivity contribution in [2.24, 2.45) is 0 Å². The fourth-order valence-electron chi connectivity index (χ4n) is 6.42. The van der Waals surface area contributed by atoms with Crippen molar-refractivity contribution in [3.63, 3.8) is 0 Å². The average molecular weight is 686 g/mol. The van der Waals surface area contributed by atoms with E-state index in [0.717, 1.165) is 55.8 Å². The molecule has 48 heavy (non-hydrogen) atoms. The number of likely N-dealkylation sites (tertiary alicyclic amines) is 1. The molecule has 0 radical (unpaired) electrons. The molecule has 1 aliphatic carbocycles. The summed E-state index contributed by atoms with van der Waals surface area (Å²) in [5.74, 6) is 0.361. The van der Waals surface area contributed by atoms with Crippen molar-refractivity contribution in [1.82, 2.24) is 10.2 Å². The summed E-state index contributed by atoms with van der Waals surface area (Å²) in [5.41, 5.74) is 6.28. The number of amides is 2. The van der Waals surface area contributed by atoms with E-state index in [4.69, 9.17) is 16.0 Å². The Morgan fingerprint density at radius 3 is 2.50 bits per heavy atom. The zero-order chi connectivity index (χ0) is 33.9. The van der Waals surface area contributed by atoms with Crippen LogP contribution in [-0.4, -0.2) is 36.1 Å². The molecule has 6 rings (SSSR count). The number of hydrogen-bond acceptors (Lipinski definition) is 6. The first kappa shape index (κ1) is 35.3. The van der Waals surface area contributed by atoms with Gasteiger partial charge >= 0.3 is 0 Å². The first-order valence-corrected chi connectivity index (χ1v) is 18.4. The highest BCUT2D eigenvalue weighted by Crippen LogP contribution is 2.37. The smallest absolute Gasteiger partial charge is 0.287 e. The molecule has 2 aliphatic rings. The lowest BCUT2D eigenvalue weighted by molar-refractivity contribution is -0.128. The molecule has 2 fully saturated rings. The maximum atomic E-state index is 12.7. The number of nitrogens with one attached hydrogen (secondary N) is 2. The number of benzene rings is 3. The third kappa shape index (κ3) is 9.54. The van der Waals surface area contributed by atoms with Gasteiger partial charge in [-0.2, -0.15) is 0 Å². The Morgan fingerprint density at radius 2 is 1.79 bits per heavy atom. The van der Waals surface area contributed by atoms with Crippen LogP contribution in [0.15, 0.2) is 93.7 Å². The van der Waals surface area contributed by atoms with Crippen molar-refractivity contribution in [3.05, 3.63) is 122 Å². The first-order valence-electron chi connectivity index (χ1n) is 16.8. The molecular formula is C39H44ClN3O4S. The molecule has 7 nitrogen and oxygen atoms in total. The van der Waals surface area contributed by atoms with Gasteiger partial charge in [-0.3, -0.25) is 14.4 Å². The molecule has 9 heteroatoms. The van der Waals surface area contributed by atoms with Gasteiger partial charge in [0.15, 0.2) is 11.2 Å². The van der Waals surface area contributed by atoms with E-state index in [0.29, 0.717) is 36.4 Å². The molecule has 252 valence electrons. The third-order valence-electron chi connectivity index (χ3n) is 8.93. The van der Waals surface area contributed by atoms with E-state index < -0.39 is 5.91 Å². The molecule has 1 aliphatic heterocycles. The van der Waals surface area contributed by atoms with E-state index in [1.807, 2.05) is 29.4 Å². The number of carbonyl (C=O) groups is 2. The Kier molecular flexibility index (Phi) is 12.8. The van der Waals surface area contributed by atoms with Gasteiger partial charge in [0.1, 0.15) is 5.58 Å². The second-order valence-corrected chi connectivity index (χ2v) is 13.4. The van der Waals surface area contributed by atoms with Gasteiger partial charge in [-0.25, -0.2) is 0 Å². The molecular weight excluding hydrogens is 642 g/mol. The predicted molar refractivity (Wildman–Crippen MR) is 198 cm³/mol. The lowest BCUT2D eigenvalue weighted by Gasteiger charge is -2.27. The van der Waals surface area contributed by atoms with Crippen molar-refractivity contribution in [3.8, 4) is 0 Å². The Labute approximate surface area is 292 Å². The highest BCUT2D eigenvalue weighted by atomic mass is 35.5. The summed E-state index contributed by atoms with van der Waals surface area (Å²) >= 11 is 7.15. The van der Waals surface area contributed by atoms with Crippen molar-refractivity contribution in [1.29, 1.82) is 0 Å². The maximum absolute atomic E-state index is 12.7. The van der Waals surface area contributed by atoms with Gasteiger partial charge in [0.05, 0.1) is 5.39 Å². The van der Waals surface area contributed by atoms with Crippen LogP contribution in [0.2, 0.25) is 5.02 Å². The highest BCUT2D eigenvalue weighted by molar-refractivity contribution is 7.99. The van der Waals surface area contributed by atoms with Crippen molar-refractivity contribution in [2.75, 3.05) is 24.1 Å². The van der Waals surface area contributed by atoms with E-state index in [-0.39, 0.29) is 17.1 Å². The minimum absolute atomic E-state index is 0.0169. The molecule has 1 saturated carbocycles.